The van der Waals surface area contributed by atoms with E-state index in [1.54, 1.807) is 12.3 Å². The third-order valence-electron chi connectivity index (χ3n) is 3.99. The molecule has 6 heteroatoms. The Morgan fingerprint density at radius 2 is 2.09 bits per heavy atom. The Morgan fingerprint density at radius 1 is 1.32 bits per heavy atom. The number of aromatic nitrogens is 3. The van der Waals surface area contributed by atoms with Gasteiger partial charge in [-0.25, -0.2) is 0 Å². The SMILES string of the molecule is CC(C)c1noc(C2CCN(C(=O)c3ccccn3)CC2)n1. The first-order chi connectivity index (χ1) is 10.6. The number of carbonyl (C=O) groups excluding carboxylic acids is 1. The lowest BCUT2D eigenvalue weighted by Crippen LogP contribution is -2.38. The molecule has 0 saturated carbocycles. The average Bonchev–Trinajstić information content (AvgIpc) is 3.05. The molecule has 0 atom stereocenters. The number of hydrogen-bond acceptors (Lipinski definition) is 5. The van der Waals surface area contributed by atoms with Crippen LogP contribution in [0.2, 0.25) is 0 Å². The molecule has 0 aromatic carbocycles. The zero-order valence-electron chi connectivity index (χ0n) is 12.9. The van der Waals surface area contributed by atoms with Crippen LogP contribution in [-0.4, -0.2) is 39.0 Å². The second-order valence-electron chi connectivity index (χ2n) is 5.93. The van der Waals surface area contributed by atoms with Crippen molar-refractivity contribution in [2.75, 3.05) is 13.1 Å². The van der Waals surface area contributed by atoms with Crippen LogP contribution >= 0.6 is 0 Å². The summed E-state index contributed by atoms with van der Waals surface area (Å²) in [5.74, 6) is 1.96. The molecule has 1 amide bonds. The van der Waals surface area contributed by atoms with Crippen LogP contribution in [0.1, 0.15) is 60.7 Å². The number of nitrogens with zero attached hydrogens (tertiary/aromatic N) is 4. The number of piperidine rings is 1. The number of carbonyl (C=O) groups is 1. The molecule has 0 bridgehead atoms. The molecule has 116 valence electrons. The summed E-state index contributed by atoms with van der Waals surface area (Å²) in [6.45, 7) is 5.48. The number of pyridine rings is 1. The molecule has 1 saturated heterocycles. The molecule has 3 rings (SSSR count). The largest absolute Gasteiger partial charge is 0.339 e. The first-order valence-corrected chi connectivity index (χ1v) is 7.69. The zero-order valence-corrected chi connectivity index (χ0v) is 12.9. The summed E-state index contributed by atoms with van der Waals surface area (Å²) < 4.78 is 5.37. The highest BCUT2D eigenvalue weighted by atomic mass is 16.5. The maximum atomic E-state index is 12.3. The first kappa shape index (κ1) is 14.7. The third-order valence-corrected chi connectivity index (χ3v) is 3.99. The van der Waals surface area contributed by atoms with Crippen LogP contribution in [-0.2, 0) is 0 Å². The van der Waals surface area contributed by atoms with Crippen molar-refractivity contribution < 1.29 is 9.32 Å². The molecular weight excluding hydrogens is 280 g/mol. The molecule has 2 aromatic heterocycles. The highest BCUT2D eigenvalue weighted by molar-refractivity contribution is 5.92. The van der Waals surface area contributed by atoms with E-state index in [2.05, 4.69) is 15.1 Å². The minimum atomic E-state index is -0.00699. The standard InChI is InChI=1S/C16H20N4O2/c1-11(2)14-18-15(22-19-14)12-6-9-20(10-7-12)16(21)13-5-3-4-8-17-13/h3-5,8,11-12H,6-7,9-10H2,1-2H3. The summed E-state index contributed by atoms with van der Waals surface area (Å²) >= 11 is 0. The monoisotopic (exact) mass is 300 g/mol. The van der Waals surface area contributed by atoms with E-state index >= 15 is 0 Å². The minimum Gasteiger partial charge on any atom is -0.339 e. The van der Waals surface area contributed by atoms with Crippen LogP contribution in [0, 0.1) is 0 Å². The lowest BCUT2D eigenvalue weighted by molar-refractivity contribution is 0.0698. The fourth-order valence-corrected chi connectivity index (χ4v) is 2.63. The van der Waals surface area contributed by atoms with Crippen molar-refractivity contribution >= 4 is 5.91 Å². The van der Waals surface area contributed by atoms with Gasteiger partial charge in [0.1, 0.15) is 5.69 Å². The van der Waals surface area contributed by atoms with E-state index in [4.69, 9.17) is 4.52 Å². The molecule has 0 spiro atoms. The molecular formula is C16H20N4O2. The van der Waals surface area contributed by atoms with Crippen molar-refractivity contribution in [3.8, 4) is 0 Å². The van der Waals surface area contributed by atoms with E-state index < -0.39 is 0 Å². The Kier molecular flexibility index (Phi) is 4.18. The fourth-order valence-electron chi connectivity index (χ4n) is 2.63. The minimum absolute atomic E-state index is 0.00699. The Morgan fingerprint density at radius 3 is 2.68 bits per heavy atom. The molecule has 1 aliphatic heterocycles. The molecule has 0 unspecified atom stereocenters. The normalized spacial score (nSPS) is 16.2. The molecule has 0 aliphatic carbocycles. The van der Waals surface area contributed by atoms with Crippen molar-refractivity contribution in [1.82, 2.24) is 20.0 Å². The summed E-state index contributed by atoms with van der Waals surface area (Å²) in [6.07, 6.45) is 3.34. The van der Waals surface area contributed by atoms with E-state index in [0.29, 0.717) is 24.7 Å². The third kappa shape index (κ3) is 3.00. The van der Waals surface area contributed by atoms with Crippen LogP contribution in [0.15, 0.2) is 28.9 Å². The summed E-state index contributed by atoms with van der Waals surface area (Å²) in [6, 6.07) is 5.39. The predicted molar refractivity (Wildman–Crippen MR) is 80.5 cm³/mol. The molecule has 1 fully saturated rings. The van der Waals surface area contributed by atoms with Crippen molar-refractivity contribution in [1.29, 1.82) is 0 Å². The van der Waals surface area contributed by atoms with Gasteiger partial charge in [-0.2, -0.15) is 4.98 Å². The van der Waals surface area contributed by atoms with Gasteiger partial charge in [0.25, 0.3) is 5.91 Å². The quantitative estimate of drug-likeness (QED) is 0.871. The van der Waals surface area contributed by atoms with Crippen molar-refractivity contribution in [2.24, 2.45) is 0 Å². The van der Waals surface area contributed by atoms with Crippen LogP contribution < -0.4 is 0 Å². The van der Waals surface area contributed by atoms with E-state index in [0.717, 1.165) is 18.7 Å². The maximum absolute atomic E-state index is 12.3. The van der Waals surface area contributed by atoms with E-state index in [-0.39, 0.29) is 17.7 Å². The zero-order chi connectivity index (χ0) is 15.5. The molecule has 0 radical (unpaired) electrons. The van der Waals surface area contributed by atoms with Crippen LogP contribution in [0.25, 0.3) is 0 Å². The van der Waals surface area contributed by atoms with Gasteiger partial charge in [0.05, 0.1) is 0 Å². The lowest BCUT2D eigenvalue weighted by Gasteiger charge is -2.30. The Bertz CT molecular complexity index is 631. The molecule has 1 aliphatic rings. The summed E-state index contributed by atoms with van der Waals surface area (Å²) in [5.41, 5.74) is 0.501. The second kappa shape index (κ2) is 6.25. The van der Waals surface area contributed by atoms with E-state index in [1.165, 1.54) is 0 Å². The van der Waals surface area contributed by atoms with Gasteiger partial charge in [0, 0.05) is 31.1 Å². The number of hydrogen-bond donors (Lipinski definition) is 0. The van der Waals surface area contributed by atoms with Gasteiger partial charge in [0.2, 0.25) is 5.89 Å². The smallest absolute Gasteiger partial charge is 0.272 e. The molecule has 2 aromatic rings. The topological polar surface area (TPSA) is 72.1 Å². The first-order valence-electron chi connectivity index (χ1n) is 7.69. The van der Waals surface area contributed by atoms with E-state index in [9.17, 15) is 4.79 Å². The van der Waals surface area contributed by atoms with E-state index in [1.807, 2.05) is 30.9 Å². The van der Waals surface area contributed by atoms with Gasteiger partial charge in [-0.3, -0.25) is 9.78 Å². The van der Waals surface area contributed by atoms with Crippen molar-refractivity contribution in [3.63, 3.8) is 0 Å². The van der Waals surface area contributed by atoms with Gasteiger partial charge in [-0.15, -0.1) is 0 Å². The molecule has 3 heterocycles. The second-order valence-corrected chi connectivity index (χ2v) is 5.93. The Labute approximate surface area is 129 Å². The van der Waals surface area contributed by atoms with Crippen LogP contribution in [0.3, 0.4) is 0 Å². The van der Waals surface area contributed by atoms with Gasteiger partial charge in [0.15, 0.2) is 5.82 Å². The Hall–Kier alpha value is -2.24. The van der Waals surface area contributed by atoms with Gasteiger partial charge in [-0.1, -0.05) is 25.1 Å². The predicted octanol–water partition coefficient (Wildman–Crippen LogP) is 2.61. The summed E-state index contributed by atoms with van der Waals surface area (Å²) in [5, 5.41) is 4.02. The maximum Gasteiger partial charge on any atom is 0.272 e. The van der Waals surface area contributed by atoms with Crippen molar-refractivity contribution in [2.45, 2.75) is 38.5 Å². The van der Waals surface area contributed by atoms with Gasteiger partial charge in [-0.05, 0) is 25.0 Å². The number of amides is 1. The average molecular weight is 300 g/mol. The van der Waals surface area contributed by atoms with Gasteiger partial charge >= 0.3 is 0 Å². The Balaban J connectivity index is 1.61. The summed E-state index contributed by atoms with van der Waals surface area (Å²) in [7, 11) is 0. The van der Waals surface area contributed by atoms with Crippen LogP contribution in [0.5, 0.6) is 0 Å². The van der Waals surface area contributed by atoms with Crippen molar-refractivity contribution in [3.05, 3.63) is 41.8 Å². The fraction of sp³-hybridized carbons (Fsp3) is 0.500. The van der Waals surface area contributed by atoms with Crippen LogP contribution in [0.4, 0.5) is 0 Å². The number of rotatable bonds is 3. The highest BCUT2D eigenvalue weighted by Crippen LogP contribution is 2.28. The number of likely N-dealkylation sites (tertiary alicyclic amines) is 1. The summed E-state index contributed by atoms with van der Waals surface area (Å²) in [4.78, 5) is 22.8. The molecule has 0 N–H and O–H groups in total. The molecule has 22 heavy (non-hydrogen) atoms. The van der Waals surface area contributed by atoms with Gasteiger partial charge < -0.3 is 9.42 Å². The highest BCUT2D eigenvalue weighted by Gasteiger charge is 2.28. The lowest BCUT2D eigenvalue weighted by atomic mass is 9.96. The molecule has 6 nitrogen and oxygen atoms in total.